The highest BCUT2D eigenvalue weighted by atomic mass is 16.1. The largest absolute Gasteiger partial charge is 0.372 e. The van der Waals surface area contributed by atoms with Gasteiger partial charge in [0.25, 0.3) is 5.91 Å². The third-order valence-corrected chi connectivity index (χ3v) is 5.18. The summed E-state index contributed by atoms with van der Waals surface area (Å²) in [7, 11) is 0. The highest BCUT2D eigenvalue weighted by Gasteiger charge is 2.12. The second-order valence-electron chi connectivity index (χ2n) is 7.44. The number of rotatable bonds is 8. The summed E-state index contributed by atoms with van der Waals surface area (Å²) < 4.78 is 0. The van der Waals surface area contributed by atoms with Gasteiger partial charge in [-0.05, 0) is 68.5 Å². The van der Waals surface area contributed by atoms with E-state index in [1.807, 2.05) is 24.3 Å². The minimum Gasteiger partial charge on any atom is -0.372 e. The van der Waals surface area contributed by atoms with Gasteiger partial charge in [-0.3, -0.25) is 4.79 Å². The molecule has 0 saturated carbocycles. The van der Waals surface area contributed by atoms with Gasteiger partial charge in [-0.2, -0.15) is 0 Å². The number of hydrogen-bond acceptors (Lipinski definition) is 4. The number of benzene rings is 1. The van der Waals surface area contributed by atoms with Crippen molar-refractivity contribution in [3.8, 4) is 0 Å². The number of aromatic nitrogens is 1. The first-order chi connectivity index (χ1) is 13.7. The molecule has 1 amide bonds. The van der Waals surface area contributed by atoms with Crippen molar-refractivity contribution < 1.29 is 4.79 Å². The predicted octanol–water partition coefficient (Wildman–Crippen LogP) is 4.95. The van der Waals surface area contributed by atoms with Crippen LogP contribution >= 0.6 is 0 Å². The first kappa shape index (κ1) is 20.2. The van der Waals surface area contributed by atoms with Crippen LogP contribution in [0.15, 0.2) is 42.6 Å². The van der Waals surface area contributed by atoms with Crippen LogP contribution in [0, 0.1) is 0 Å². The van der Waals surface area contributed by atoms with Gasteiger partial charge in [0.1, 0.15) is 5.69 Å². The molecule has 0 aliphatic carbocycles. The van der Waals surface area contributed by atoms with Crippen molar-refractivity contribution in [1.29, 1.82) is 0 Å². The monoisotopic (exact) mass is 380 g/mol. The normalized spacial score (nSPS) is 14.0. The fourth-order valence-electron chi connectivity index (χ4n) is 3.72. The lowest BCUT2D eigenvalue weighted by Crippen LogP contribution is -2.29. The first-order valence-electron chi connectivity index (χ1n) is 10.6. The molecule has 0 bridgehead atoms. The van der Waals surface area contributed by atoms with Crippen molar-refractivity contribution in [3.63, 3.8) is 0 Å². The van der Waals surface area contributed by atoms with Crippen LogP contribution < -0.4 is 15.1 Å². The van der Waals surface area contributed by atoms with E-state index in [1.54, 1.807) is 6.20 Å². The molecule has 2 heterocycles. The van der Waals surface area contributed by atoms with Gasteiger partial charge in [0.2, 0.25) is 0 Å². The smallest absolute Gasteiger partial charge is 0.274 e. The van der Waals surface area contributed by atoms with Crippen LogP contribution in [0.3, 0.4) is 0 Å². The molecule has 1 saturated heterocycles. The Hall–Kier alpha value is -2.56. The highest BCUT2D eigenvalue weighted by Crippen LogP contribution is 2.22. The van der Waals surface area contributed by atoms with Gasteiger partial charge < -0.3 is 15.1 Å². The van der Waals surface area contributed by atoms with Crippen molar-refractivity contribution >= 4 is 23.0 Å². The molecule has 1 aromatic carbocycles. The third kappa shape index (κ3) is 5.24. The molecule has 150 valence electrons. The lowest BCUT2D eigenvalue weighted by molar-refractivity contribution is 0.102. The van der Waals surface area contributed by atoms with Crippen LogP contribution in [-0.2, 0) is 0 Å². The van der Waals surface area contributed by atoms with Gasteiger partial charge in [0.15, 0.2) is 0 Å². The molecule has 3 rings (SSSR count). The molecule has 1 aliphatic heterocycles. The summed E-state index contributed by atoms with van der Waals surface area (Å²) in [6.45, 7) is 8.60. The molecule has 0 unspecified atom stereocenters. The molecule has 2 aromatic rings. The zero-order valence-electron chi connectivity index (χ0n) is 17.2. The van der Waals surface area contributed by atoms with Crippen molar-refractivity contribution in [3.05, 3.63) is 48.3 Å². The van der Waals surface area contributed by atoms with E-state index in [2.05, 4.69) is 46.1 Å². The summed E-state index contributed by atoms with van der Waals surface area (Å²) in [4.78, 5) is 21.6. The maximum absolute atomic E-state index is 12.5. The van der Waals surface area contributed by atoms with Crippen LogP contribution in [0.4, 0.5) is 17.1 Å². The topological polar surface area (TPSA) is 48.5 Å². The fourth-order valence-corrected chi connectivity index (χ4v) is 3.72. The first-order valence-corrected chi connectivity index (χ1v) is 10.6. The molecule has 1 fully saturated rings. The maximum Gasteiger partial charge on any atom is 0.274 e. The Labute approximate surface area is 168 Å². The summed E-state index contributed by atoms with van der Waals surface area (Å²) in [5, 5.41) is 2.95. The zero-order valence-corrected chi connectivity index (χ0v) is 17.2. The molecular formula is C23H32N4O. The van der Waals surface area contributed by atoms with Crippen molar-refractivity contribution in [2.24, 2.45) is 0 Å². The van der Waals surface area contributed by atoms with Gasteiger partial charge >= 0.3 is 0 Å². The van der Waals surface area contributed by atoms with Gasteiger partial charge in [-0.25, -0.2) is 4.98 Å². The molecule has 1 N–H and O–H groups in total. The van der Waals surface area contributed by atoms with Crippen LogP contribution in [0.1, 0.15) is 56.4 Å². The summed E-state index contributed by atoms with van der Waals surface area (Å²) in [5.74, 6) is -0.171. The van der Waals surface area contributed by atoms with E-state index in [0.29, 0.717) is 5.69 Å². The van der Waals surface area contributed by atoms with E-state index < -0.39 is 0 Å². The van der Waals surface area contributed by atoms with E-state index in [4.69, 9.17) is 0 Å². The summed E-state index contributed by atoms with van der Waals surface area (Å²) in [5.41, 5.74) is 3.55. The van der Waals surface area contributed by atoms with Crippen molar-refractivity contribution in [1.82, 2.24) is 4.98 Å². The van der Waals surface area contributed by atoms with Crippen LogP contribution in [-0.4, -0.2) is 37.1 Å². The van der Waals surface area contributed by atoms with Crippen molar-refractivity contribution in [2.45, 2.75) is 46.0 Å². The molecule has 0 radical (unpaired) electrons. The lowest BCUT2D eigenvalue weighted by Gasteiger charge is -2.28. The van der Waals surface area contributed by atoms with E-state index in [1.165, 1.54) is 24.9 Å². The Morgan fingerprint density at radius 2 is 1.68 bits per heavy atom. The number of anilines is 3. The number of nitrogens with one attached hydrogen (secondary N) is 1. The number of piperidine rings is 1. The van der Waals surface area contributed by atoms with Gasteiger partial charge in [-0.1, -0.05) is 13.8 Å². The van der Waals surface area contributed by atoms with Gasteiger partial charge in [-0.15, -0.1) is 0 Å². The SMILES string of the molecule is CCCN(CCC)c1ccc(C(=O)Nc2ccc(N3CCCCC3)cc2)nc1. The van der Waals surface area contributed by atoms with E-state index in [9.17, 15) is 4.79 Å². The predicted molar refractivity (Wildman–Crippen MR) is 117 cm³/mol. The summed E-state index contributed by atoms with van der Waals surface area (Å²) in [6.07, 6.45) is 7.83. The fraction of sp³-hybridized carbons (Fsp3) is 0.478. The number of carbonyl (C=O) groups excluding carboxylic acids is 1. The van der Waals surface area contributed by atoms with Gasteiger partial charge in [0.05, 0.1) is 11.9 Å². The Morgan fingerprint density at radius 3 is 2.25 bits per heavy atom. The average molecular weight is 381 g/mol. The standard InChI is InChI=1S/C23H32N4O/c1-3-14-26(15-4-2)21-12-13-22(24-18-21)23(28)25-19-8-10-20(11-9-19)27-16-6-5-7-17-27/h8-13,18H,3-7,14-17H2,1-2H3,(H,25,28). The molecular weight excluding hydrogens is 348 g/mol. The minimum absolute atomic E-state index is 0.171. The molecule has 5 heteroatoms. The molecule has 1 aliphatic rings. The summed E-state index contributed by atoms with van der Waals surface area (Å²) in [6, 6.07) is 11.9. The number of amides is 1. The number of hydrogen-bond donors (Lipinski definition) is 1. The summed E-state index contributed by atoms with van der Waals surface area (Å²) >= 11 is 0. The molecule has 28 heavy (non-hydrogen) atoms. The molecule has 0 spiro atoms. The second-order valence-corrected chi connectivity index (χ2v) is 7.44. The van der Waals surface area contributed by atoms with E-state index in [-0.39, 0.29) is 5.91 Å². The zero-order chi connectivity index (χ0) is 19.8. The van der Waals surface area contributed by atoms with Crippen LogP contribution in [0.2, 0.25) is 0 Å². The van der Waals surface area contributed by atoms with Crippen LogP contribution in [0.5, 0.6) is 0 Å². The van der Waals surface area contributed by atoms with Crippen molar-refractivity contribution in [2.75, 3.05) is 41.3 Å². The van der Waals surface area contributed by atoms with Gasteiger partial charge in [0, 0.05) is 37.6 Å². The lowest BCUT2D eigenvalue weighted by atomic mass is 10.1. The Kier molecular flexibility index (Phi) is 7.29. The molecule has 5 nitrogen and oxygen atoms in total. The number of carbonyl (C=O) groups is 1. The highest BCUT2D eigenvalue weighted by molar-refractivity contribution is 6.03. The quantitative estimate of drug-likeness (QED) is 0.704. The Morgan fingerprint density at radius 1 is 1.00 bits per heavy atom. The number of nitrogens with zero attached hydrogens (tertiary/aromatic N) is 3. The number of pyridine rings is 1. The van der Waals surface area contributed by atoms with Crippen LogP contribution in [0.25, 0.3) is 0 Å². The molecule has 1 aromatic heterocycles. The van der Waals surface area contributed by atoms with E-state index in [0.717, 1.165) is 50.4 Å². The Balaban J connectivity index is 1.61. The third-order valence-electron chi connectivity index (χ3n) is 5.18. The maximum atomic E-state index is 12.5. The average Bonchev–Trinajstić information content (AvgIpc) is 2.75. The Bertz CT molecular complexity index is 730. The minimum atomic E-state index is -0.171. The second kappa shape index (κ2) is 10.1. The molecule has 0 atom stereocenters. The van der Waals surface area contributed by atoms with E-state index >= 15 is 0 Å².